The number of carbonyl (C=O) groups is 2. The van der Waals surface area contributed by atoms with Gasteiger partial charge in [-0.2, -0.15) is 0 Å². The van der Waals surface area contributed by atoms with Crippen LogP contribution >= 0.6 is 0 Å². The Morgan fingerprint density at radius 3 is 2.72 bits per heavy atom. The number of cyclic esters (lactones) is 1. The van der Waals surface area contributed by atoms with Crippen molar-refractivity contribution < 1.29 is 19.1 Å². The standard InChI is InChI=1S/C20H21NO4/c1-13(2)25-12-21-11-20(18(22)10-24-19(20)23)9-16-15-6-4-3-5-14(15)7-8-17(16)21/h3-8,13H,9-12H2,1-2H3. The van der Waals surface area contributed by atoms with Crippen LogP contribution < -0.4 is 4.90 Å². The Balaban J connectivity index is 1.86. The zero-order valence-electron chi connectivity index (χ0n) is 14.5. The smallest absolute Gasteiger partial charge is 0.322 e. The monoisotopic (exact) mass is 339 g/mol. The second-order valence-electron chi connectivity index (χ2n) is 7.09. The maximum Gasteiger partial charge on any atom is 0.322 e. The van der Waals surface area contributed by atoms with Crippen LogP contribution in [0, 0.1) is 5.41 Å². The van der Waals surface area contributed by atoms with Gasteiger partial charge in [-0.3, -0.25) is 9.59 Å². The van der Waals surface area contributed by atoms with Crippen molar-refractivity contribution >= 4 is 28.2 Å². The number of ether oxygens (including phenoxy) is 2. The van der Waals surface area contributed by atoms with Crippen molar-refractivity contribution in [1.82, 2.24) is 0 Å². The molecular weight excluding hydrogens is 318 g/mol. The zero-order valence-corrected chi connectivity index (χ0v) is 14.5. The number of anilines is 1. The summed E-state index contributed by atoms with van der Waals surface area (Å²) in [6, 6.07) is 12.2. The molecule has 2 aromatic carbocycles. The third-order valence-electron chi connectivity index (χ3n) is 5.12. The fourth-order valence-electron chi connectivity index (χ4n) is 3.77. The van der Waals surface area contributed by atoms with Crippen LogP contribution in [0.2, 0.25) is 0 Å². The fourth-order valence-corrected chi connectivity index (χ4v) is 3.77. The summed E-state index contributed by atoms with van der Waals surface area (Å²) in [5.74, 6) is -0.545. The summed E-state index contributed by atoms with van der Waals surface area (Å²) >= 11 is 0. The van der Waals surface area contributed by atoms with E-state index >= 15 is 0 Å². The predicted octanol–water partition coefficient (Wildman–Crippen LogP) is 2.70. The predicted molar refractivity (Wildman–Crippen MR) is 94.5 cm³/mol. The summed E-state index contributed by atoms with van der Waals surface area (Å²) in [5, 5.41) is 2.17. The Bertz CT molecular complexity index is 842. The first-order valence-corrected chi connectivity index (χ1v) is 8.59. The fraction of sp³-hybridized carbons (Fsp3) is 0.400. The van der Waals surface area contributed by atoms with Gasteiger partial charge in [-0.25, -0.2) is 0 Å². The Hall–Kier alpha value is -2.40. The molecule has 2 heterocycles. The Kier molecular flexibility index (Phi) is 3.76. The maximum atomic E-state index is 12.6. The Morgan fingerprint density at radius 1 is 1.20 bits per heavy atom. The number of Topliss-reactive ketones (excluding diaryl/α,β-unsaturated/α-hetero) is 1. The van der Waals surface area contributed by atoms with Crippen LogP contribution in [0.3, 0.4) is 0 Å². The van der Waals surface area contributed by atoms with Gasteiger partial charge in [0.05, 0.1) is 6.10 Å². The summed E-state index contributed by atoms with van der Waals surface area (Å²) in [6.07, 6.45) is 0.451. The quantitative estimate of drug-likeness (QED) is 0.636. The third-order valence-corrected chi connectivity index (χ3v) is 5.12. The number of esters is 1. The van der Waals surface area contributed by atoms with E-state index in [1.54, 1.807) is 0 Å². The molecule has 4 rings (SSSR count). The molecule has 5 nitrogen and oxygen atoms in total. The minimum absolute atomic E-state index is 0.0630. The van der Waals surface area contributed by atoms with Crippen LogP contribution in [0.15, 0.2) is 36.4 Å². The summed E-state index contributed by atoms with van der Waals surface area (Å²) in [5.41, 5.74) is 0.929. The molecule has 1 unspecified atom stereocenters. The number of hydrogen-bond donors (Lipinski definition) is 0. The van der Waals surface area contributed by atoms with Gasteiger partial charge in [0.2, 0.25) is 0 Å². The first-order valence-electron chi connectivity index (χ1n) is 8.59. The molecule has 0 radical (unpaired) electrons. The average Bonchev–Trinajstić information content (AvgIpc) is 2.87. The molecule has 1 saturated heterocycles. The van der Waals surface area contributed by atoms with Crippen molar-refractivity contribution in [2.45, 2.75) is 26.4 Å². The van der Waals surface area contributed by atoms with E-state index in [9.17, 15) is 9.59 Å². The first-order chi connectivity index (χ1) is 12.0. The molecular formula is C20H21NO4. The van der Waals surface area contributed by atoms with Crippen LogP contribution in [-0.4, -0.2) is 37.7 Å². The number of rotatable bonds is 3. The largest absolute Gasteiger partial charge is 0.457 e. The summed E-state index contributed by atoms with van der Waals surface area (Å²) in [6.45, 7) is 4.46. The summed E-state index contributed by atoms with van der Waals surface area (Å²) in [4.78, 5) is 27.1. The molecule has 0 amide bonds. The molecule has 1 spiro atoms. The van der Waals surface area contributed by atoms with Gasteiger partial charge < -0.3 is 14.4 Å². The molecule has 0 aromatic heterocycles. The lowest BCUT2D eigenvalue weighted by atomic mass is 9.74. The molecule has 2 aliphatic heterocycles. The highest BCUT2D eigenvalue weighted by Crippen LogP contribution is 2.43. The van der Waals surface area contributed by atoms with Crippen molar-refractivity contribution in [2.75, 3.05) is 24.8 Å². The maximum absolute atomic E-state index is 12.6. The number of fused-ring (bicyclic) bond motifs is 3. The highest BCUT2D eigenvalue weighted by molar-refractivity contribution is 6.11. The van der Waals surface area contributed by atoms with E-state index in [0.717, 1.165) is 22.0 Å². The normalized spacial score (nSPS) is 22.8. The van der Waals surface area contributed by atoms with Crippen molar-refractivity contribution in [3.8, 4) is 0 Å². The van der Waals surface area contributed by atoms with E-state index in [4.69, 9.17) is 9.47 Å². The van der Waals surface area contributed by atoms with Crippen LogP contribution in [0.1, 0.15) is 19.4 Å². The van der Waals surface area contributed by atoms with Crippen molar-refractivity contribution in [3.63, 3.8) is 0 Å². The molecule has 0 saturated carbocycles. The van der Waals surface area contributed by atoms with Gasteiger partial charge in [0.15, 0.2) is 17.8 Å². The highest BCUT2D eigenvalue weighted by Gasteiger charge is 2.55. The molecule has 0 N–H and O–H groups in total. The van der Waals surface area contributed by atoms with Gasteiger partial charge in [-0.05, 0) is 36.2 Å². The molecule has 2 aliphatic rings. The van der Waals surface area contributed by atoms with Gasteiger partial charge in [0, 0.05) is 18.7 Å². The van der Waals surface area contributed by atoms with Crippen molar-refractivity contribution in [1.29, 1.82) is 0 Å². The second kappa shape index (κ2) is 5.85. The third kappa shape index (κ3) is 2.50. The SMILES string of the molecule is CC(C)OCN1CC2(Cc3c1ccc1ccccc31)C(=O)COC2=O. The van der Waals surface area contributed by atoms with Crippen LogP contribution in [0.5, 0.6) is 0 Å². The van der Waals surface area contributed by atoms with E-state index < -0.39 is 11.4 Å². The zero-order chi connectivity index (χ0) is 17.6. The van der Waals surface area contributed by atoms with Gasteiger partial charge in [-0.15, -0.1) is 0 Å². The topological polar surface area (TPSA) is 55.8 Å². The lowest BCUT2D eigenvalue weighted by Gasteiger charge is -2.39. The summed E-state index contributed by atoms with van der Waals surface area (Å²) < 4.78 is 10.9. The Morgan fingerprint density at radius 2 is 2.00 bits per heavy atom. The molecule has 130 valence electrons. The van der Waals surface area contributed by atoms with Crippen LogP contribution in [0.25, 0.3) is 10.8 Å². The van der Waals surface area contributed by atoms with E-state index in [1.807, 2.05) is 43.0 Å². The molecule has 2 aromatic rings. The molecule has 5 heteroatoms. The van der Waals surface area contributed by atoms with E-state index in [0.29, 0.717) is 19.7 Å². The average molecular weight is 339 g/mol. The van der Waals surface area contributed by atoms with Crippen molar-refractivity contribution in [3.05, 3.63) is 42.0 Å². The molecule has 0 aliphatic carbocycles. The van der Waals surface area contributed by atoms with E-state index in [2.05, 4.69) is 12.1 Å². The van der Waals surface area contributed by atoms with Gasteiger partial charge in [0.25, 0.3) is 0 Å². The van der Waals surface area contributed by atoms with Crippen LogP contribution in [-0.2, 0) is 25.5 Å². The van der Waals surface area contributed by atoms with E-state index in [-0.39, 0.29) is 18.5 Å². The van der Waals surface area contributed by atoms with Crippen molar-refractivity contribution in [2.24, 2.45) is 5.41 Å². The molecule has 0 bridgehead atoms. The lowest BCUT2D eigenvalue weighted by Crippen LogP contribution is -2.51. The lowest BCUT2D eigenvalue weighted by molar-refractivity contribution is -0.146. The number of carbonyl (C=O) groups excluding carboxylic acids is 2. The van der Waals surface area contributed by atoms with Gasteiger partial charge >= 0.3 is 5.97 Å². The number of benzene rings is 2. The molecule has 1 atom stereocenters. The Labute approximate surface area is 146 Å². The van der Waals surface area contributed by atoms with E-state index in [1.165, 1.54) is 0 Å². The number of hydrogen-bond acceptors (Lipinski definition) is 5. The van der Waals surface area contributed by atoms with Gasteiger partial charge in [0.1, 0.15) is 6.73 Å². The minimum atomic E-state index is -1.11. The van der Waals surface area contributed by atoms with Gasteiger partial charge in [-0.1, -0.05) is 30.3 Å². The first kappa shape index (κ1) is 16.1. The molecule has 1 fully saturated rings. The highest BCUT2D eigenvalue weighted by atomic mass is 16.5. The minimum Gasteiger partial charge on any atom is -0.457 e. The van der Waals surface area contributed by atoms with Crippen LogP contribution in [0.4, 0.5) is 5.69 Å². The second-order valence-corrected chi connectivity index (χ2v) is 7.09. The molecule has 25 heavy (non-hydrogen) atoms. The number of nitrogens with zero attached hydrogens (tertiary/aromatic N) is 1. The number of ketones is 1. The summed E-state index contributed by atoms with van der Waals surface area (Å²) in [7, 11) is 0.